The maximum Gasteiger partial charge on any atom is 0.307 e. The molecule has 3 rings (SSSR count). The van der Waals surface area contributed by atoms with Crippen molar-refractivity contribution in [3.8, 4) is 5.88 Å². The topological polar surface area (TPSA) is 81.5 Å². The lowest BCUT2D eigenvalue weighted by Crippen LogP contribution is -2.51. The Kier molecular flexibility index (Phi) is 10.8. The summed E-state index contributed by atoms with van der Waals surface area (Å²) in [6.07, 6.45) is 7.36. The first-order chi connectivity index (χ1) is 15.5. The van der Waals surface area contributed by atoms with Crippen molar-refractivity contribution in [2.24, 2.45) is 0 Å². The molecule has 32 heavy (non-hydrogen) atoms. The van der Waals surface area contributed by atoms with E-state index in [1.807, 2.05) is 30.3 Å². The molecule has 8 heteroatoms. The lowest BCUT2D eigenvalue weighted by atomic mass is 10.0. The molecule has 2 atom stereocenters. The van der Waals surface area contributed by atoms with Gasteiger partial charge in [-0.25, -0.2) is 0 Å². The van der Waals surface area contributed by atoms with Crippen LogP contribution in [0.3, 0.4) is 0 Å². The molecule has 1 N–H and O–H groups in total. The molecule has 2 heterocycles. The van der Waals surface area contributed by atoms with Crippen LogP contribution in [0.15, 0.2) is 36.4 Å². The largest absolute Gasteiger partial charge is 0.475 e. The molecule has 1 aliphatic heterocycles. The molecule has 1 aromatic carbocycles. The van der Waals surface area contributed by atoms with E-state index in [2.05, 4.69) is 28.8 Å². The fraction of sp³-hybridized carbons (Fsp3) is 0.542. The normalized spacial score (nSPS) is 18.7. The van der Waals surface area contributed by atoms with Crippen LogP contribution in [0.4, 0.5) is 0 Å². The monoisotopic (exact) mass is 462 g/mol. The second kappa shape index (κ2) is 13.3. The molecular weight excluding hydrogens is 426 g/mol. The molecule has 0 saturated heterocycles. The number of likely N-dealkylation sites (N-methyl/N-ethyl adjacent to an activating group) is 1. The number of aliphatic hydroxyl groups is 1. The van der Waals surface area contributed by atoms with Gasteiger partial charge in [0.15, 0.2) is 0 Å². The van der Waals surface area contributed by atoms with Gasteiger partial charge in [0.05, 0.1) is 37.5 Å². The average Bonchev–Trinajstić information content (AvgIpc) is 3.28. The third-order valence-electron chi connectivity index (χ3n) is 5.49. The standard InChI is InChI=1S/C23H32N3O3S.CH4O/c1-4-5-6-10-16-28-22-21(24-30-25-22)20-14-11-15-26(3,17-20)23(29-18(2)27)19-12-8-7-9-13-19;1-2/h7-9,12-14,23H,4-6,10-11,15-17H2,1-3H3;2H,1H3/q+1;. The van der Waals surface area contributed by atoms with E-state index in [4.69, 9.17) is 14.6 Å². The van der Waals surface area contributed by atoms with Gasteiger partial charge in [-0.1, -0.05) is 50.5 Å². The first-order valence-corrected chi connectivity index (χ1v) is 11.9. The number of rotatable bonds is 10. The van der Waals surface area contributed by atoms with E-state index < -0.39 is 0 Å². The van der Waals surface area contributed by atoms with Crippen LogP contribution >= 0.6 is 11.7 Å². The van der Waals surface area contributed by atoms with Crippen LogP contribution in [-0.4, -0.2) is 58.2 Å². The van der Waals surface area contributed by atoms with Crippen LogP contribution in [0.5, 0.6) is 5.88 Å². The van der Waals surface area contributed by atoms with Crippen LogP contribution in [0, 0.1) is 0 Å². The number of carbonyl (C=O) groups excluding carboxylic acids is 1. The predicted octanol–water partition coefficient (Wildman–Crippen LogP) is 4.60. The Labute approximate surface area is 195 Å². The van der Waals surface area contributed by atoms with Crippen LogP contribution < -0.4 is 4.74 Å². The second-order valence-electron chi connectivity index (χ2n) is 8.08. The van der Waals surface area contributed by atoms with E-state index in [0.717, 1.165) is 43.3 Å². The molecule has 7 nitrogen and oxygen atoms in total. The maximum atomic E-state index is 11.9. The molecule has 2 unspecified atom stereocenters. The molecular formula is C24H36N3O4S+. The highest BCUT2D eigenvalue weighted by atomic mass is 32.1. The molecule has 0 spiro atoms. The first-order valence-electron chi connectivity index (χ1n) is 11.2. The SMILES string of the molecule is CCCCCCOc1nsnc1C1=CCC[N+](C)(C(OC(C)=O)c2ccccc2)C1.CO. The van der Waals surface area contributed by atoms with Gasteiger partial charge in [-0.3, -0.25) is 9.28 Å². The lowest BCUT2D eigenvalue weighted by molar-refractivity contribution is -0.953. The lowest BCUT2D eigenvalue weighted by Gasteiger charge is -2.42. The van der Waals surface area contributed by atoms with Gasteiger partial charge in [-0.15, -0.1) is 4.37 Å². The number of carbonyl (C=O) groups is 1. The highest BCUT2D eigenvalue weighted by Crippen LogP contribution is 2.36. The van der Waals surface area contributed by atoms with E-state index in [1.54, 1.807) is 0 Å². The summed E-state index contributed by atoms with van der Waals surface area (Å²) in [5, 5.41) is 7.00. The van der Waals surface area contributed by atoms with Crippen molar-refractivity contribution in [3.05, 3.63) is 47.7 Å². The molecule has 0 amide bonds. The Balaban J connectivity index is 0.00000176. The minimum absolute atomic E-state index is 0.272. The quantitative estimate of drug-likeness (QED) is 0.316. The van der Waals surface area contributed by atoms with Gasteiger partial charge in [0.1, 0.15) is 12.2 Å². The van der Waals surface area contributed by atoms with E-state index in [-0.39, 0.29) is 12.2 Å². The van der Waals surface area contributed by atoms with E-state index in [9.17, 15) is 4.79 Å². The van der Waals surface area contributed by atoms with Gasteiger partial charge < -0.3 is 14.6 Å². The minimum Gasteiger partial charge on any atom is -0.475 e. The summed E-state index contributed by atoms with van der Waals surface area (Å²) in [5.74, 6) is 0.352. The molecule has 176 valence electrons. The van der Waals surface area contributed by atoms with Gasteiger partial charge in [0.2, 0.25) is 0 Å². The Hall–Kier alpha value is -2.29. The van der Waals surface area contributed by atoms with Crippen molar-refractivity contribution in [1.29, 1.82) is 0 Å². The Morgan fingerprint density at radius 1 is 1.19 bits per heavy atom. The molecule has 0 saturated carbocycles. The van der Waals surface area contributed by atoms with Gasteiger partial charge in [-0.05, 0) is 18.6 Å². The predicted molar refractivity (Wildman–Crippen MR) is 127 cm³/mol. The second-order valence-corrected chi connectivity index (χ2v) is 8.61. The van der Waals surface area contributed by atoms with E-state index >= 15 is 0 Å². The zero-order chi connectivity index (χ0) is 23.4. The number of hydrogen-bond donors (Lipinski definition) is 1. The van der Waals surface area contributed by atoms with Gasteiger partial charge in [0.25, 0.3) is 12.1 Å². The van der Waals surface area contributed by atoms with Crippen LogP contribution in [0.2, 0.25) is 0 Å². The first kappa shape index (κ1) is 26.0. The molecule has 0 fully saturated rings. The average molecular weight is 463 g/mol. The highest BCUT2D eigenvalue weighted by molar-refractivity contribution is 6.99. The Bertz CT molecular complexity index is 856. The van der Waals surface area contributed by atoms with E-state index in [1.165, 1.54) is 37.9 Å². The Morgan fingerprint density at radius 2 is 1.94 bits per heavy atom. The summed E-state index contributed by atoms with van der Waals surface area (Å²) < 4.78 is 21.3. The number of ether oxygens (including phenoxy) is 2. The van der Waals surface area contributed by atoms with Crippen molar-refractivity contribution in [1.82, 2.24) is 8.75 Å². The summed E-state index contributed by atoms with van der Waals surface area (Å²) in [5.41, 5.74) is 2.93. The molecule has 0 bridgehead atoms. The zero-order valence-electron chi connectivity index (χ0n) is 19.6. The summed E-state index contributed by atoms with van der Waals surface area (Å²) in [6.45, 7) is 5.91. The smallest absolute Gasteiger partial charge is 0.307 e. The highest BCUT2D eigenvalue weighted by Gasteiger charge is 2.40. The number of esters is 1. The number of quaternary nitrogens is 1. The number of unbranched alkanes of at least 4 members (excludes halogenated alkanes) is 3. The molecule has 2 aromatic rings. The third kappa shape index (κ3) is 7.12. The van der Waals surface area contributed by atoms with Gasteiger partial charge in [-0.2, -0.15) is 4.37 Å². The van der Waals surface area contributed by atoms with Gasteiger partial charge in [0, 0.05) is 26.0 Å². The van der Waals surface area contributed by atoms with Crippen LogP contribution in [0.25, 0.3) is 5.57 Å². The molecule has 0 radical (unpaired) electrons. The van der Waals surface area contributed by atoms with Crippen LogP contribution in [-0.2, 0) is 9.53 Å². The van der Waals surface area contributed by atoms with Crippen molar-refractivity contribution >= 4 is 23.3 Å². The third-order valence-corrected chi connectivity index (χ3v) is 6.00. The van der Waals surface area contributed by atoms with Crippen molar-refractivity contribution < 1.29 is 23.9 Å². The van der Waals surface area contributed by atoms with E-state index in [0.29, 0.717) is 23.5 Å². The van der Waals surface area contributed by atoms with Crippen molar-refractivity contribution in [3.63, 3.8) is 0 Å². The summed E-state index contributed by atoms with van der Waals surface area (Å²) in [7, 11) is 3.14. The van der Waals surface area contributed by atoms with Gasteiger partial charge >= 0.3 is 5.97 Å². The van der Waals surface area contributed by atoms with Crippen LogP contribution in [0.1, 0.15) is 63.4 Å². The van der Waals surface area contributed by atoms with Crippen molar-refractivity contribution in [2.45, 2.75) is 52.2 Å². The number of hydrogen-bond acceptors (Lipinski definition) is 7. The number of aromatic nitrogens is 2. The fourth-order valence-electron chi connectivity index (χ4n) is 3.94. The fourth-order valence-corrected chi connectivity index (χ4v) is 4.47. The van der Waals surface area contributed by atoms with Crippen molar-refractivity contribution in [2.75, 3.05) is 33.9 Å². The molecule has 0 aliphatic carbocycles. The Morgan fingerprint density at radius 3 is 2.62 bits per heavy atom. The summed E-state index contributed by atoms with van der Waals surface area (Å²) in [4.78, 5) is 11.9. The number of benzene rings is 1. The number of aliphatic hydroxyl groups excluding tert-OH is 1. The summed E-state index contributed by atoms with van der Waals surface area (Å²) in [6, 6.07) is 9.97. The minimum atomic E-state index is -0.364. The molecule has 1 aromatic heterocycles. The maximum absolute atomic E-state index is 11.9. The summed E-state index contributed by atoms with van der Waals surface area (Å²) >= 11 is 1.19. The molecule has 1 aliphatic rings. The number of nitrogens with zero attached hydrogens (tertiary/aromatic N) is 3. The zero-order valence-corrected chi connectivity index (χ0v) is 20.4.